The predicted octanol–water partition coefficient (Wildman–Crippen LogP) is 6.78. The van der Waals surface area contributed by atoms with Crippen LogP contribution in [0.4, 0.5) is 0 Å². The average Bonchev–Trinajstić information content (AvgIpc) is 3.33. The van der Waals surface area contributed by atoms with Crippen LogP contribution in [-0.4, -0.2) is 43.8 Å². The van der Waals surface area contributed by atoms with E-state index in [2.05, 4.69) is 48.5 Å². The van der Waals surface area contributed by atoms with Gasteiger partial charge in [-0.1, -0.05) is 121 Å². The van der Waals surface area contributed by atoms with Crippen molar-refractivity contribution in [3.63, 3.8) is 0 Å². The molecule has 0 atom stereocenters. The Bertz CT molecular complexity index is 1320. The van der Waals surface area contributed by atoms with Crippen molar-refractivity contribution in [1.82, 2.24) is 0 Å². The summed E-state index contributed by atoms with van der Waals surface area (Å²) in [6.07, 6.45) is 3.88. The van der Waals surface area contributed by atoms with E-state index < -0.39 is 22.4 Å². The van der Waals surface area contributed by atoms with Gasteiger partial charge in [0.05, 0.1) is 37.3 Å². The van der Waals surface area contributed by atoms with Gasteiger partial charge in [-0.15, -0.1) is 0 Å². The van der Waals surface area contributed by atoms with E-state index in [1.807, 2.05) is 72.8 Å². The topological polar surface area (TPSA) is 54.0 Å². The number of hydrogen-bond acceptors (Lipinski definition) is 5. The molecule has 0 aromatic heterocycles. The van der Waals surface area contributed by atoms with Crippen LogP contribution in [0.2, 0.25) is 0 Å². The van der Waals surface area contributed by atoms with Crippen molar-refractivity contribution in [3.05, 3.63) is 144 Å². The molecule has 5 nitrogen and oxygen atoms in total. The van der Waals surface area contributed by atoms with E-state index in [9.17, 15) is 4.79 Å². The smallest absolute Gasteiger partial charge is 0.176 e. The fourth-order valence-electron chi connectivity index (χ4n) is 7.23. The first-order valence-corrected chi connectivity index (χ1v) is 15.8. The molecule has 0 bridgehead atoms. The van der Waals surface area contributed by atoms with Gasteiger partial charge in [0, 0.05) is 25.7 Å². The van der Waals surface area contributed by atoms with Crippen LogP contribution in [0.15, 0.2) is 121 Å². The zero-order chi connectivity index (χ0) is 29.9. The molecule has 2 aliphatic heterocycles. The molecular formula is C39H40O5. The number of carbonyl (C=O) groups is 1. The molecule has 226 valence electrons. The Hall–Kier alpha value is -3.61. The van der Waals surface area contributed by atoms with Crippen molar-refractivity contribution in [3.8, 4) is 0 Å². The number of ether oxygens (including phenoxy) is 4. The first-order valence-electron chi connectivity index (χ1n) is 15.8. The summed E-state index contributed by atoms with van der Waals surface area (Å²) in [6, 6.07) is 41.2. The molecule has 0 radical (unpaired) electrons. The van der Waals surface area contributed by atoms with E-state index in [0.29, 0.717) is 65.0 Å². The highest BCUT2D eigenvalue weighted by Gasteiger charge is 2.62. The van der Waals surface area contributed by atoms with Gasteiger partial charge in [-0.2, -0.15) is 0 Å². The molecule has 4 aromatic rings. The maximum Gasteiger partial charge on any atom is 0.176 e. The fraction of sp³-hybridized carbons (Fsp3) is 0.359. The minimum absolute atomic E-state index is 0.158. The van der Waals surface area contributed by atoms with Crippen LogP contribution in [0.1, 0.15) is 35.1 Å². The molecule has 7 rings (SSSR count). The van der Waals surface area contributed by atoms with Crippen LogP contribution in [0.5, 0.6) is 0 Å². The third-order valence-electron chi connectivity index (χ3n) is 9.76. The van der Waals surface area contributed by atoms with E-state index in [0.717, 1.165) is 22.3 Å². The first kappa shape index (κ1) is 29.1. The Morgan fingerprint density at radius 1 is 0.409 bits per heavy atom. The standard InChI is InChI=1S/C39H40O5/c40-35-36(27-41-38(42-28-36,23-31-13-5-1-6-14-31)24-32-15-7-2-8-16-32)21-22-37(35)29-43-39(44-30-37,25-33-17-9-3-10-18-33)26-34-19-11-4-12-20-34/h1-20H,21-30H2. The molecule has 1 aliphatic carbocycles. The Labute approximate surface area is 260 Å². The molecule has 1 saturated carbocycles. The molecule has 0 unspecified atom stereocenters. The lowest BCUT2D eigenvalue weighted by Crippen LogP contribution is -2.58. The summed E-state index contributed by atoms with van der Waals surface area (Å²) < 4.78 is 26.8. The summed E-state index contributed by atoms with van der Waals surface area (Å²) in [6.45, 7) is 1.36. The lowest BCUT2D eigenvalue weighted by atomic mass is 9.78. The third-order valence-corrected chi connectivity index (χ3v) is 9.76. The molecule has 3 fully saturated rings. The minimum Gasteiger partial charge on any atom is -0.348 e. The van der Waals surface area contributed by atoms with Gasteiger partial charge in [0.25, 0.3) is 0 Å². The van der Waals surface area contributed by atoms with Crippen LogP contribution in [0.3, 0.4) is 0 Å². The van der Waals surface area contributed by atoms with Crippen molar-refractivity contribution >= 4 is 5.78 Å². The molecule has 2 heterocycles. The van der Waals surface area contributed by atoms with Crippen LogP contribution in [0.25, 0.3) is 0 Å². The highest BCUT2D eigenvalue weighted by Crippen LogP contribution is 2.52. The molecule has 0 amide bonds. The SMILES string of the molecule is O=C1C2(CCC13COC(Cc1ccccc1)(Cc1ccccc1)OC3)COC(Cc1ccccc1)(Cc1ccccc1)OC2. The lowest BCUT2D eigenvalue weighted by molar-refractivity contribution is -0.303. The summed E-state index contributed by atoms with van der Waals surface area (Å²) in [5.74, 6) is -1.50. The van der Waals surface area contributed by atoms with Crippen LogP contribution < -0.4 is 0 Å². The van der Waals surface area contributed by atoms with Gasteiger partial charge in [-0.3, -0.25) is 4.79 Å². The monoisotopic (exact) mass is 588 g/mol. The van der Waals surface area contributed by atoms with Crippen molar-refractivity contribution in [1.29, 1.82) is 0 Å². The Morgan fingerprint density at radius 2 is 0.659 bits per heavy atom. The number of carbonyl (C=O) groups excluding carboxylic acids is 1. The highest BCUT2D eigenvalue weighted by molar-refractivity contribution is 5.93. The van der Waals surface area contributed by atoms with Crippen LogP contribution in [-0.2, 0) is 49.4 Å². The quantitative estimate of drug-likeness (QED) is 0.227. The van der Waals surface area contributed by atoms with E-state index in [1.54, 1.807) is 0 Å². The third kappa shape index (κ3) is 5.90. The average molecular weight is 589 g/mol. The number of rotatable bonds is 8. The van der Waals surface area contributed by atoms with Gasteiger partial charge >= 0.3 is 0 Å². The number of hydrogen-bond donors (Lipinski definition) is 0. The van der Waals surface area contributed by atoms with E-state index in [-0.39, 0.29) is 5.78 Å². The van der Waals surface area contributed by atoms with E-state index >= 15 is 0 Å². The zero-order valence-corrected chi connectivity index (χ0v) is 25.2. The number of ketones is 1. The highest BCUT2D eigenvalue weighted by atomic mass is 16.7. The molecule has 4 aromatic carbocycles. The first-order chi connectivity index (χ1) is 21.5. The second-order valence-electron chi connectivity index (χ2n) is 13.0. The Kier molecular flexibility index (Phi) is 7.98. The molecule has 2 saturated heterocycles. The normalized spacial score (nSPS) is 21.4. The molecule has 0 N–H and O–H groups in total. The molecule has 44 heavy (non-hydrogen) atoms. The summed E-state index contributed by atoms with van der Waals surface area (Å²) in [4.78, 5) is 14.4. The summed E-state index contributed by atoms with van der Waals surface area (Å²) in [5, 5.41) is 0. The van der Waals surface area contributed by atoms with Crippen molar-refractivity contribution in [2.75, 3.05) is 26.4 Å². The molecule has 5 heteroatoms. The minimum atomic E-state index is -0.829. The van der Waals surface area contributed by atoms with Gasteiger partial charge in [0.15, 0.2) is 17.4 Å². The summed E-state index contributed by atoms with van der Waals surface area (Å²) in [7, 11) is 0. The van der Waals surface area contributed by atoms with E-state index in [1.165, 1.54) is 0 Å². The Balaban J connectivity index is 1.08. The number of Topliss-reactive ketones (excluding diaryl/α,β-unsaturated/α-hetero) is 1. The Morgan fingerprint density at radius 3 is 0.909 bits per heavy atom. The zero-order valence-electron chi connectivity index (χ0n) is 25.2. The summed E-state index contributed by atoms with van der Waals surface area (Å²) in [5.41, 5.74) is 3.21. The molecular weight excluding hydrogens is 548 g/mol. The van der Waals surface area contributed by atoms with Crippen molar-refractivity contribution < 1.29 is 23.7 Å². The second-order valence-corrected chi connectivity index (χ2v) is 13.0. The molecule has 2 spiro atoms. The van der Waals surface area contributed by atoms with Gasteiger partial charge in [-0.25, -0.2) is 0 Å². The van der Waals surface area contributed by atoms with Gasteiger partial charge in [-0.05, 0) is 35.1 Å². The van der Waals surface area contributed by atoms with E-state index in [4.69, 9.17) is 18.9 Å². The largest absolute Gasteiger partial charge is 0.348 e. The van der Waals surface area contributed by atoms with Crippen molar-refractivity contribution in [2.45, 2.75) is 50.1 Å². The second kappa shape index (κ2) is 12.1. The van der Waals surface area contributed by atoms with Crippen LogP contribution in [0, 0.1) is 10.8 Å². The van der Waals surface area contributed by atoms with Crippen LogP contribution >= 0.6 is 0 Å². The maximum absolute atomic E-state index is 14.4. The number of benzene rings is 4. The van der Waals surface area contributed by atoms with Gasteiger partial charge in [0.2, 0.25) is 0 Å². The maximum atomic E-state index is 14.4. The van der Waals surface area contributed by atoms with Crippen molar-refractivity contribution in [2.24, 2.45) is 10.8 Å². The lowest BCUT2D eigenvalue weighted by Gasteiger charge is -2.47. The predicted molar refractivity (Wildman–Crippen MR) is 169 cm³/mol. The van der Waals surface area contributed by atoms with Gasteiger partial charge < -0.3 is 18.9 Å². The molecule has 3 aliphatic rings. The fourth-order valence-corrected chi connectivity index (χ4v) is 7.23. The summed E-state index contributed by atoms with van der Waals surface area (Å²) >= 11 is 0. The van der Waals surface area contributed by atoms with Gasteiger partial charge in [0.1, 0.15) is 0 Å².